The quantitative estimate of drug-likeness (QED) is 0.548. The zero-order chi connectivity index (χ0) is 17.0. The third-order valence-electron chi connectivity index (χ3n) is 4.74. The second kappa shape index (κ2) is 5.13. The maximum atomic E-state index is 4.63. The van der Waals surface area contributed by atoms with Gasteiger partial charge in [-0.3, -0.25) is 0 Å². The summed E-state index contributed by atoms with van der Waals surface area (Å²) in [4.78, 5) is 8.68. The minimum absolute atomic E-state index is 0.396. The first-order valence-electron chi connectivity index (χ1n) is 8.16. The Bertz CT molecular complexity index is 1060. The van der Waals surface area contributed by atoms with Gasteiger partial charge in [-0.05, 0) is 31.2 Å². The molecule has 0 bridgehead atoms. The van der Waals surface area contributed by atoms with Crippen molar-refractivity contribution in [2.45, 2.75) is 13.0 Å². The summed E-state index contributed by atoms with van der Waals surface area (Å²) in [6, 6.07) is 8.34. The molecule has 4 aromatic heterocycles. The van der Waals surface area contributed by atoms with Gasteiger partial charge in [0, 0.05) is 32.5 Å². The highest BCUT2D eigenvalue weighted by molar-refractivity contribution is 5.51. The molecule has 0 aliphatic carbocycles. The fraction of sp³-hybridized carbons (Fsp3) is 0.312. The maximum absolute atomic E-state index is 4.63. The lowest BCUT2D eigenvalue weighted by atomic mass is 10.1. The second-order valence-corrected chi connectivity index (χ2v) is 6.30. The molecule has 0 N–H and O–H groups in total. The van der Waals surface area contributed by atoms with Crippen molar-refractivity contribution in [2.24, 2.45) is 0 Å². The molecule has 9 nitrogen and oxygen atoms in total. The van der Waals surface area contributed by atoms with Crippen LogP contribution in [-0.4, -0.2) is 60.6 Å². The monoisotopic (exact) mass is 335 g/mol. The van der Waals surface area contributed by atoms with Gasteiger partial charge in [0.1, 0.15) is 11.6 Å². The number of likely N-dealkylation sites (N-methyl/N-ethyl adjacent to an activating group) is 1. The Labute approximate surface area is 143 Å². The van der Waals surface area contributed by atoms with Crippen LogP contribution < -0.4 is 9.80 Å². The number of imidazole rings is 1. The van der Waals surface area contributed by atoms with Gasteiger partial charge in [0.2, 0.25) is 0 Å². The van der Waals surface area contributed by atoms with Crippen molar-refractivity contribution in [3.63, 3.8) is 0 Å². The highest BCUT2D eigenvalue weighted by Gasteiger charge is 2.32. The summed E-state index contributed by atoms with van der Waals surface area (Å²) in [5, 5.41) is 17.4. The zero-order valence-electron chi connectivity index (χ0n) is 14.0. The molecular weight excluding hydrogens is 318 g/mol. The Kier molecular flexibility index (Phi) is 2.90. The molecule has 5 heterocycles. The molecular formula is C16H17N9. The van der Waals surface area contributed by atoms with Crippen LogP contribution in [0.15, 0.2) is 36.7 Å². The Morgan fingerprint density at radius 1 is 1.04 bits per heavy atom. The van der Waals surface area contributed by atoms with Crippen molar-refractivity contribution in [1.82, 2.24) is 34.4 Å². The van der Waals surface area contributed by atoms with Crippen LogP contribution in [0.4, 0.5) is 11.6 Å². The molecule has 0 aromatic carbocycles. The summed E-state index contributed by atoms with van der Waals surface area (Å²) in [5.41, 5.74) is 1.63. The summed E-state index contributed by atoms with van der Waals surface area (Å²) in [6.07, 6.45) is 3.62. The fourth-order valence-corrected chi connectivity index (χ4v) is 3.12. The van der Waals surface area contributed by atoms with Crippen LogP contribution in [0.1, 0.15) is 5.82 Å². The highest BCUT2D eigenvalue weighted by atomic mass is 15.4. The van der Waals surface area contributed by atoms with Gasteiger partial charge in [-0.1, -0.05) is 0 Å². The molecule has 4 aromatic rings. The molecule has 0 saturated carbocycles. The number of hydrogen-bond acceptors (Lipinski definition) is 7. The Morgan fingerprint density at radius 2 is 1.88 bits per heavy atom. The minimum Gasteiger partial charge on any atom is -0.352 e. The summed E-state index contributed by atoms with van der Waals surface area (Å²) < 4.78 is 3.58. The number of aromatic nitrogens is 7. The second-order valence-electron chi connectivity index (χ2n) is 6.30. The molecule has 0 radical (unpaired) electrons. The Balaban J connectivity index is 1.33. The number of nitrogens with zero attached hydrogens (tertiary/aromatic N) is 9. The molecule has 1 fully saturated rings. The van der Waals surface area contributed by atoms with Crippen LogP contribution in [0.5, 0.6) is 0 Å². The first-order valence-corrected chi connectivity index (χ1v) is 8.16. The minimum atomic E-state index is 0.396. The van der Waals surface area contributed by atoms with Gasteiger partial charge in [0.15, 0.2) is 17.1 Å². The van der Waals surface area contributed by atoms with E-state index < -0.39 is 0 Å². The van der Waals surface area contributed by atoms with Crippen molar-refractivity contribution in [2.75, 3.05) is 29.9 Å². The lowest BCUT2D eigenvalue weighted by Gasteiger charge is -2.44. The number of anilines is 2. The Morgan fingerprint density at radius 3 is 2.76 bits per heavy atom. The van der Waals surface area contributed by atoms with E-state index in [-0.39, 0.29) is 0 Å². The van der Waals surface area contributed by atoms with Gasteiger partial charge >= 0.3 is 0 Å². The van der Waals surface area contributed by atoms with Crippen molar-refractivity contribution in [3.05, 3.63) is 42.5 Å². The van der Waals surface area contributed by atoms with Crippen molar-refractivity contribution in [3.8, 4) is 0 Å². The third kappa shape index (κ3) is 2.19. The van der Waals surface area contributed by atoms with Crippen LogP contribution in [0.25, 0.3) is 11.3 Å². The zero-order valence-corrected chi connectivity index (χ0v) is 14.0. The van der Waals surface area contributed by atoms with E-state index in [2.05, 4.69) is 42.2 Å². The first kappa shape index (κ1) is 14.1. The molecule has 1 aliphatic heterocycles. The summed E-state index contributed by atoms with van der Waals surface area (Å²) >= 11 is 0. The van der Waals surface area contributed by atoms with Crippen LogP contribution in [0, 0.1) is 6.92 Å². The predicted molar refractivity (Wildman–Crippen MR) is 92.9 cm³/mol. The molecule has 5 rings (SSSR count). The molecule has 0 atom stereocenters. The molecule has 9 heteroatoms. The predicted octanol–water partition coefficient (Wildman–Crippen LogP) is 0.800. The molecule has 0 spiro atoms. The van der Waals surface area contributed by atoms with Gasteiger partial charge in [0.25, 0.3) is 0 Å². The van der Waals surface area contributed by atoms with E-state index in [9.17, 15) is 0 Å². The SMILES string of the molecule is Cc1nnc2ccc(N3CC(N(C)c4ccc5nccn5n4)C3)nn12. The van der Waals surface area contributed by atoms with Gasteiger partial charge in [0.05, 0.1) is 6.04 Å². The van der Waals surface area contributed by atoms with Crippen LogP contribution in [0.2, 0.25) is 0 Å². The van der Waals surface area contributed by atoms with Crippen molar-refractivity contribution in [1.29, 1.82) is 0 Å². The van der Waals surface area contributed by atoms with E-state index in [0.29, 0.717) is 6.04 Å². The van der Waals surface area contributed by atoms with Gasteiger partial charge in [-0.15, -0.1) is 20.4 Å². The fourth-order valence-electron chi connectivity index (χ4n) is 3.12. The number of rotatable bonds is 3. The van der Waals surface area contributed by atoms with E-state index in [4.69, 9.17) is 0 Å². The van der Waals surface area contributed by atoms with E-state index in [1.165, 1.54) is 0 Å². The largest absolute Gasteiger partial charge is 0.352 e. The number of fused-ring (bicyclic) bond motifs is 2. The molecule has 0 unspecified atom stereocenters. The molecule has 126 valence electrons. The van der Waals surface area contributed by atoms with Gasteiger partial charge in [-0.2, -0.15) is 4.52 Å². The van der Waals surface area contributed by atoms with E-state index in [0.717, 1.165) is 41.8 Å². The van der Waals surface area contributed by atoms with Crippen LogP contribution in [-0.2, 0) is 0 Å². The number of aryl methyl sites for hydroxylation is 1. The van der Waals surface area contributed by atoms with Crippen molar-refractivity contribution >= 4 is 22.9 Å². The lowest BCUT2D eigenvalue weighted by molar-refractivity contribution is 0.485. The molecule has 1 saturated heterocycles. The first-order chi connectivity index (χ1) is 12.2. The van der Waals surface area contributed by atoms with E-state index in [1.54, 1.807) is 15.2 Å². The Hall–Kier alpha value is -3.23. The standard InChI is InChI=1S/C16H17N9/c1-11-18-19-14-4-6-16(21-25(11)14)23-9-12(10-23)22(2)15-5-3-13-17-7-8-24(13)20-15/h3-8,12H,9-10H2,1-2H3. The summed E-state index contributed by atoms with van der Waals surface area (Å²) in [7, 11) is 2.08. The molecule has 25 heavy (non-hydrogen) atoms. The highest BCUT2D eigenvalue weighted by Crippen LogP contribution is 2.24. The van der Waals surface area contributed by atoms with Crippen LogP contribution >= 0.6 is 0 Å². The maximum Gasteiger partial charge on any atom is 0.178 e. The van der Waals surface area contributed by atoms with E-state index >= 15 is 0 Å². The van der Waals surface area contributed by atoms with Gasteiger partial charge in [-0.25, -0.2) is 9.50 Å². The summed E-state index contributed by atoms with van der Waals surface area (Å²) in [5.74, 6) is 2.68. The average Bonchev–Trinajstić information content (AvgIpc) is 3.19. The average molecular weight is 335 g/mol. The lowest BCUT2D eigenvalue weighted by Crippen LogP contribution is -2.59. The van der Waals surface area contributed by atoms with E-state index in [1.807, 2.05) is 37.4 Å². The normalized spacial score (nSPS) is 15.0. The topological polar surface area (TPSA) is 79.8 Å². The molecule has 0 amide bonds. The van der Waals surface area contributed by atoms with Crippen LogP contribution in [0.3, 0.4) is 0 Å². The van der Waals surface area contributed by atoms with Gasteiger partial charge < -0.3 is 9.80 Å². The third-order valence-corrected chi connectivity index (χ3v) is 4.74. The number of hydrogen-bond donors (Lipinski definition) is 0. The van der Waals surface area contributed by atoms with Crippen molar-refractivity contribution < 1.29 is 0 Å². The summed E-state index contributed by atoms with van der Waals surface area (Å²) in [6.45, 7) is 3.71. The smallest absolute Gasteiger partial charge is 0.178 e. The molecule has 1 aliphatic rings.